The van der Waals surface area contributed by atoms with E-state index in [0.717, 1.165) is 5.39 Å². The van der Waals surface area contributed by atoms with E-state index < -0.39 is 11.6 Å². The monoisotopic (exact) mass is 275 g/mol. The Morgan fingerprint density at radius 3 is 2.55 bits per heavy atom. The molecular weight excluding hydrogens is 258 g/mol. The van der Waals surface area contributed by atoms with Gasteiger partial charge in [0.05, 0.1) is 11.1 Å². The normalized spacial score (nSPS) is 11.6. The molecule has 0 saturated carbocycles. The van der Waals surface area contributed by atoms with Crippen molar-refractivity contribution >= 4 is 22.7 Å². The Morgan fingerprint density at radius 1 is 1.30 bits per heavy atom. The van der Waals surface area contributed by atoms with Gasteiger partial charge in [-0.15, -0.1) is 0 Å². The van der Waals surface area contributed by atoms with Crippen LogP contribution in [0.25, 0.3) is 10.9 Å². The van der Waals surface area contributed by atoms with Gasteiger partial charge < -0.3 is 15.1 Å². The fourth-order valence-electron chi connectivity index (χ4n) is 2.10. The third-order valence-corrected chi connectivity index (χ3v) is 2.76. The lowest BCUT2D eigenvalue weighted by Gasteiger charge is -2.27. The Balaban J connectivity index is 2.57. The van der Waals surface area contributed by atoms with Crippen molar-refractivity contribution in [2.24, 2.45) is 0 Å². The zero-order valence-corrected chi connectivity index (χ0v) is 11.7. The maximum atomic E-state index is 11.1. The van der Waals surface area contributed by atoms with E-state index in [4.69, 9.17) is 5.11 Å². The van der Waals surface area contributed by atoms with Gasteiger partial charge in [-0.2, -0.15) is 0 Å². The van der Waals surface area contributed by atoms with Crippen molar-refractivity contribution in [3.63, 3.8) is 0 Å². The number of carboxylic acids is 1. The molecule has 20 heavy (non-hydrogen) atoms. The molecule has 0 amide bonds. The molecule has 0 aliphatic rings. The van der Waals surface area contributed by atoms with E-state index in [1.54, 1.807) is 37.9 Å². The number of para-hydroxylation sites is 1. The van der Waals surface area contributed by atoms with Crippen LogP contribution in [-0.4, -0.2) is 45.3 Å². The molecule has 6 nitrogen and oxygen atoms in total. The summed E-state index contributed by atoms with van der Waals surface area (Å²) in [4.78, 5) is 20.9. The second-order valence-electron chi connectivity index (χ2n) is 5.36. The molecule has 0 fully saturated rings. The van der Waals surface area contributed by atoms with Crippen molar-refractivity contribution < 1.29 is 15.0 Å². The molecule has 0 saturated heterocycles. The van der Waals surface area contributed by atoms with Crippen LogP contribution in [0.1, 0.15) is 24.5 Å². The summed E-state index contributed by atoms with van der Waals surface area (Å²) in [7, 11) is 1.76. The van der Waals surface area contributed by atoms with Crippen LogP contribution in [-0.2, 0) is 0 Å². The van der Waals surface area contributed by atoms with Crippen molar-refractivity contribution in [3.05, 3.63) is 30.1 Å². The van der Waals surface area contributed by atoms with Gasteiger partial charge in [-0.3, -0.25) is 0 Å². The van der Waals surface area contributed by atoms with Gasteiger partial charge in [0, 0.05) is 19.0 Å². The molecule has 6 heteroatoms. The fourth-order valence-corrected chi connectivity index (χ4v) is 2.10. The van der Waals surface area contributed by atoms with Crippen LogP contribution in [0.3, 0.4) is 0 Å². The summed E-state index contributed by atoms with van der Waals surface area (Å²) in [6, 6.07) is 7.20. The summed E-state index contributed by atoms with van der Waals surface area (Å²) in [5, 5.41) is 19.7. The highest BCUT2D eigenvalue weighted by Gasteiger charge is 2.20. The van der Waals surface area contributed by atoms with Crippen molar-refractivity contribution in [2.75, 3.05) is 18.5 Å². The quantitative estimate of drug-likeness (QED) is 0.880. The summed E-state index contributed by atoms with van der Waals surface area (Å²) in [5.74, 6) is -0.926. The summed E-state index contributed by atoms with van der Waals surface area (Å²) in [5.41, 5.74) is -0.345. The molecule has 0 spiro atoms. The smallest absolute Gasteiger partial charge is 0.374 e. The third-order valence-electron chi connectivity index (χ3n) is 2.76. The first-order valence-electron chi connectivity index (χ1n) is 6.21. The van der Waals surface area contributed by atoms with E-state index >= 15 is 0 Å². The second-order valence-corrected chi connectivity index (χ2v) is 5.36. The van der Waals surface area contributed by atoms with E-state index in [9.17, 15) is 9.90 Å². The summed E-state index contributed by atoms with van der Waals surface area (Å²) >= 11 is 0. The molecular formula is C14H17N3O3. The summed E-state index contributed by atoms with van der Waals surface area (Å²) in [6.07, 6.45) is 0. The molecule has 2 aromatic rings. The van der Waals surface area contributed by atoms with Gasteiger partial charge in [0.15, 0.2) is 0 Å². The Bertz CT molecular complexity index is 650. The summed E-state index contributed by atoms with van der Waals surface area (Å²) in [6.45, 7) is 3.70. The largest absolute Gasteiger partial charge is 0.475 e. The van der Waals surface area contributed by atoms with E-state index in [-0.39, 0.29) is 5.82 Å². The molecule has 0 unspecified atom stereocenters. The van der Waals surface area contributed by atoms with Gasteiger partial charge in [0.25, 0.3) is 0 Å². The molecule has 1 aromatic heterocycles. The Morgan fingerprint density at radius 2 is 1.95 bits per heavy atom. The first-order valence-corrected chi connectivity index (χ1v) is 6.21. The first kappa shape index (κ1) is 14.2. The zero-order valence-electron chi connectivity index (χ0n) is 11.7. The minimum Gasteiger partial charge on any atom is -0.475 e. The predicted octanol–water partition coefficient (Wildman–Crippen LogP) is 1.54. The molecule has 2 N–H and O–H groups in total. The number of likely N-dealkylation sites (N-methyl/N-ethyl adjacent to an activating group) is 1. The van der Waals surface area contributed by atoms with E-state index in [1.165, 1.54) is 0 Å². The zero-order chi connectivity index (χ0) is 14.9. The van der Waals surface area contributed by atoms with Gasteiger partial charge in [0.1, 0.15) is 5.82 Å². The molecule has 0 radical (unpaired) electrons. The third kappa shape index (κ3) is 3.03. The number of hydrogen-bond acceptors (Lipinski definition) is 5. The van der Waals surface area contributed by atoms with Crippen LogP contribution >= 0.6 is 0 Å². The van der Waals surface area contributed by atoms with Crippen LogP contribution in [0.15, 0.2) is 24.3 Å². The summed E-state index contributed by atoms with van der Waals surface area (Å²) < 4.78 is 0. The molecule has 1 heterocycles. The van der Waals surface area contributed by atoms with Crippen molar-refractivity contribution in [1.82, 2.24) is 9.97 Å². The SMILES string of the molecule is CN(CC(C)(C)O)c1nc(C(=O)O)nc2ccccc12. The highest BCUT2D eigenvalue weighted by atomic mass is 16.4. The number of fused-ring (bicyclic) bond motifs is 1. The molecule has 1 aromatic carbocycles. The number of carboxylic acid groups (broad SMARTS) is 1. The van der Waals surface area contributed by atoms with Crippen LogP contribution in [0.5, 0.6) is 0 Å². The number of nitrogens with zero attached hydrogens (tertiary/aromatic N) is 3. The van der Waals surface area contributed by atoms with Crippen molar-refractivity contribution in [3.8, 4) is 0 Å². The Kier molecular flexibility index (Phi) is 3.59. The van der Waals surface area contributed by atoms with Crippen LogP contribution < -0.4 is 4.90 Å². The van der Waals surface area contributed by atoms with Crippen molar-refractivity contribution in [1.29, 1.82) is 0 Å². The number of aliphatic hydroxyl groups is 1. The standard InChI is InChI=1S/C14H17N3O3/c1-14(2,20)8-17(3)12-9-6-4-5-7-10(9)15-11(16-12)13(18)19/h4-7,20H,8H2,1-3H3,(H,18,19). The van der Waals surface area contributed by atoms with E-state index in [2.05, 4.69) is 9.97 Å². The lowest BCUT2D eigenvalue weighted by molar-refractivity contribution is 0.0684. The average Bonchev–Trinajstić information content (AvgIpc) is 2.35. The van der Waals surface area contributed by atoms with Crippen LogP contribution in [0, 0.1) is 0 Å². The van der Waals surface area contributed by atoms with E-state index in [1.807, 2.05) is 12.1 Å². The Labute approximate surface area is 116 Å². The van der Waals surface area contributed by atoms with Gasteiger partial charge in [0.2, 0.25) is 5.82 Å². The number of aromatic nitrogens is 2. The molecule has 0 atom stereocenters. The molecule has 106 valence electrons. The lowest BCUT2D eigenvalue weighted by Crippen LogP contribution is -2.37. The maximum Gasteiger partial charge on any atom is 0.374 e. The van der Waals surface area contributed by atoms with Gasteiger partial charge in [-0.1, -0.05) is 12.1 Å². The minimum absolute atomic E-state index is 0.249. The topological polar surface area (TPSA) is 86.5 Å². The molecule has 0 aliphatic carbocycles. The van der Waals surface area contributed by atoms with Crippen LogP contribution in [0.4, 0.5) is 5.82 Å². The molecule has 0 aliphatic heterocycles. The first-order chi connectivity index (χ1) is 9.28. The number of hydrogen-bond donors (Lipinski definition) is 2. The van der Waals surface area contributed by atoms with Crippen molar-refractivity contribution in [2.45, 2.75) is 19.4 Å². The van der Waals surface area contributed by atoms with E-state index in [0.29, 0.717) is 17.9 Å². The van der Waals surface area contributed by atoms with Gasteiger partial charge in [-0.25, -0.2) is 14.8 Å². The number of aromatic carboxylic acids is 1. The van der Waals surface area contributed by atoms with Gasteiger partial charge >= 0.3 is 5.97 Å². The molecule has 0 bridgehead atoms. The number of carbonyl (C=O) groups is 1. The van der Waals surface area contributed by atoms with Gasteiger partial charge in [-0.05, 0) is 26.0 Å². The average molecular weight is 275 g/mol. The van der Waals surface area contributed by atoms with Crippen LogP contribution in [0.2, 0.25) is 0 Å². The highest BCUT2D eigenvalue weighted by Crippen LogP contribution is 2.24. The maximum absolute atomic E-state index is 11.1. The predicted molar refractivity (Wildman–Crippen MR) is 76.1 cm³/mol. The number of anilines is 1. The fraction of sp³-hybridized carbons (Fsp3) is 0.357. The number of benzene rings is 1. The second kappa shape index (κ2) is 5.05. The highest BCUT2D eigenvalue weighted by molar-refractivity contribution is 5.93. The number of rotatable bonds is 4. The Hall–Kier alpha value is -2.21. The lowest BCUT2D eigenvalue weighted by atomic mass is 10.1. The molecule has 2 rings (SSSR count). The minimum atomic E-state index is -1.17.